The normalized spacial score (nSPS) is 12.4. The van der Waals surface area contributed by atoms with E-state index in [4.69, 9.17) is 23.2 Å². The van der Waals surface area contributed by atoms with Gasteiger partial charge < -0.3 is 10.4 Å². The van der Waals surface area contributed by atoms with E-state index in [0.29, 0.717) is 17.1 Å². The number of nitrogens with one attached hydrogen (secondary N) is 1. The van der Waals surface area contributed by atoms with Gasteiger partial charge in [-0.1, -0.05) is 35.3 Å². The summed E-state index contributed by atoms with van der Waals surface area (Å²) in [5.41, 5.74) is 1.43. The highest BCUT2D eigenvalue weighted by molar-refractivity contribution is 6.35. The van der Waals surface area contributed by atoms with Crippen LogP contribution in [0.4, 0.5) is 4.39 Å². The highest BCUT2D eigenvalue weighted by atomic mass is 35.5. The molecule has 0 fully saturated rings. The monoisotopic (exact) mass is 313 g/mol. The van der Waals surface area contributed by atoms with E-state index < -0.39 is 0 Å². The number of benzene rings is 2. The number of hydrogen-bond acceptors (Lipinski definition) is 2. The summed E-state index contributed by atoms with van der Waals surface area (Å²) in [4.78, 5) is 0. The maximum atomic E-state index is 13.2. The van der Waals surface area contributed by atoms with Gasteiger partial charge in [0.1, 0.15) is 11.6 Å². The lowest BCUT2D eigenvalue weighted by molar-refractivity contribution is 0.460. The van der Waals surface area contributed by atoms with Gasteiger partial charge in [0.25, 0.3) is 0 Å². The Labute approximate surface area is 127 Å². The molecule has 2 rings (SSSR count). The van der Waals surface area contributed by atoms with Gasteiger partial charge in [0.05, 0.1) is 5.02 Å². The molecule has 0 saturated heterocycles. The fourth-order valence-electron chi connectivity index (χ4n) is 1.91. The Morgan fingerprint density at radius 1 is 1.25 bits per heavy atom. The molecule has 1 atom stereocenters. The Morgan fingerprint density at radius 3 is 2.70 bits per heavy atom. The van der Waals surface area contributed by atoms with Gasteiger partial charge in [0.2, 0.25) is 0 Å². The van der Waals surface area contributed by atoms with Crippen molar-refractivity contribution in [3.63, 3.8) is 0 Å². The number of hydrogen-bond donors (Lipinski definition) is 2. The van der Waals surface area contributed by atoms with Crippen molar-refractivity contribution in [1.82, 2.24) is 5.32 Å². The molecule has 0 radical (unpaired) electrons. The molecule has 20 heavy (non-hydrogen) atoms. The summed E-state index contributed by atoms with van der Waals surface area (Å²) in [7, 11) is 0. The molecular formula is C15H14Cl2FNO. The minimum absolute atomic E-state index is 0.00927. The van der Waals surface area contributed by atoms with Crippen molar-refractivity contribution in [1.29, 1.82) is 0 Å². The average molecular weight is 314 g/mol. The van der Waals surface area contributed by atoms with Crippen molar-refractivity contribution in [2.75, 3.05) is 0 Å². The van der Waals surface area contributed by atoms with Crippen LogP contribution in [0.3, 0.4) is 0 Å². The Morgan fingerprint density at radius 2 is 2.00 bits per heavy atom. The predicted molar refractivity (Wildman–Crippen MR) is 79.8 cm³/mol. The van der Waals surface area contributed by atoms with E-state index in [2.05, 4.69) is 5.32 Å². The van der Waals surface area contributed by atoms with Crippen molar-refractivity contribution in [2.45, 2.75) is 19.5 Å². The molecule has 2 nitrogen and oxygen atoms in total. The first-order chi connectivity index (χ1) is 9.47. The van der Waals surface area contributed by atoms with E-state index in [0.717, 1.165) is 5.56 Å². The Hall–Kier alpha value is -1.29. The van der Waals surface area contributed by atoms with Gasteiger partial charge in [-0.25, -0.2) is 4.39 Å². The molecule has 0 amide bonds. The van der Waals surface area contributed by atoms with Crippen LogP contribution in [0.1, 0.15) is 24.1 Å². The fourth-order valence-corrected chi connectivity index (χ4v) is 2.45. The van der Waals surface area contributed by atoms with Gasteiger partial charge in [0.15, 0.2) is 0 Å². The highest BCUT2D eigenvalue weighted by Gasteiger charge is 2.10. The summed E-state index contributed by atoms with van der Waals surface area (Å²) in [5, 5.41) is 13.7. The van der Waals surface area contributed by atoms with Crippen LogP contribution in [0.2, 0.25) is 10.0 Å². The molecule has 0 spiro atoms. The Bertz CT molecular complexity index is 619. The minimum Gasteiger partial charge on any atom is -0.506 e. The molecule has 2 N–H and O–H groups in total. The van der Waals surface area contributed by atoms with E-state index in [1.54, 1.807) is 12.1 Å². The van der Waals surface area contributed by atoms with Crippen molar-refractivity contribution >= 4 is 23.2 Å². The molecule has 0 unspecified atom stereocenters. The Kier molecular flexibility index (Phi) is 4.86. The van der Waals surface area contributed by atoms with Gasteiger partial charge >= 0.3 is 0 Å². The molecular weight excluding hydrogens is 300 g/mol. The molecule has 0 aliphatic heterocycles. The number of aromatic hydroxyl groups is 1. The standard InChI is InChI=1S/C15H14Cl2FNO/c1-9(10-3-2-4-13(18)6-10)19-8-11-5-12(16)7-14(17)15(11)20/h2-7,9,19-20H,8H2,1H3/t9-/m1/s1. The maximum Gasteiger partial charge on any atom is 0.138 e. The largest absolute Gasteiger partial charge is 0.506 e. The average Bonchev–Trinajstić information content (AvgIpc) is 2.40. The fraction of sp³-hybridized carbons (Fsp3) is 0.200. The van der Waals surface area contributed by atoms with Crippen LogP contribution in [-0.2, 0) is 6.54 Å². The van der Waals surface area contributed by atoms with Gasteiger partial charge in [-0.2, -0.15) is 0 Å². The second kappa shape index (κ2) is 6.44. The lowest BCUT2D eigenvalue weighted by Gasteiger charge is -2.15. The third-order valence-electron chi connectivity index (χ3n) is 3.05. The summed E-state index contributed by atoms with van der Waals surface area (Å²) in [6.07, 6.45) is 0. The molecule has 0 bridgehead atoms. The topological polar surface area (TPSA) is 32.3 Å². The van der Waals surface area contributed by atoms with E-state index in [9.17, 15) is 9.50 Å². The smallest absolute Gasteiger partial charge is 0.138 e. The van der Waals surface area contributed by atoms with Crippen LogP contribution in [-0.4, -0.2) is 5.11 Å². The SMILES string of the molecule is C[C@@H](NCc1cc(Cl)cc(Cl)c1O)c1cccc(F)c1. The van der Waals surface area contributed by atoms with Crippen molar-refractivity contribution in [2.24, 2.45) is 0 Å². The van der Waals surface area contributed by atoms with Gasteiger partial charge in [-0.05, 0) is 36.8 Å². The zero-order chi connectivity index (χ0) is 14.7. The number of rotatable bonds is 4. The third-order valence-corrected chi connectivity index (χ3v) is 3.56. The van der Waals surface area contributed by atoms with Gasteiger partial charge in [-0.3, -0.25) is 0 Å². The predicted octanol–water partition coefficient (Wildman–Crippen LogP) is 4.69. The first-order valence-electron chi connectivity index (χ1n) is 6.13. The summed E-state index contributed by atoms with van der Waals surface area (Å²) in [6.45, 7) is 2.29. The lowest BCUT2D eigenvalue weighted by Crippen LogP contribution is -2.18. The zero-order valence-corrected chi connectivity index (χ0v) is 12.3. The molecule has 0 aliphatic rings. The maximum absolute atomic E-state index is 13.2. The first-order valence-corrected chi connectivity index (χ1v) is 6.88. The van der Waals surface area contributed by atoms with E-state index in [1.165, 1.54) is 18.2 Å². The second-order valence-electron chi connectivity index (χ2n) is 4.55. The molecule has 0 aromatic heterocycles. The number of halogens is 3. The first kappa shape index (κ1) is 15.1. The van der Waals surface area contributed by atoms with Crippen molar-refractivity contribution in [3.05, 3.63) is 63.4 Å². The van der Waals surface area contributed by atoms with Gasteiger partial charge in [-0.15, -0.1) is 0 Å². The van der Waals surface area contributed by atoms with E-state index in [1.807, 2.05) is 13.0 Å². The van der Waals surface area contributed by atoms with Crippen molar-refractivity contribution < 1.29 is 9.50 Å². The van der Waals surface area contributed by atoms with Crippen LogP contribution in [0.5, 0.6) is 5.75 Å². The molecule has 0 heterocycles. The Balaban J connectivity index is 2.09. The number of phenols is 1. The summed E-state index contributed by atoms with van der Waals surface area (Å²) in [5.74, 6) is -0.264. The summed E-state index contributed by atoms with van der Waals surface area (Å²) in [6, 6.07) is 9.44. The van der Waals surface area contributed by atoms with Crippen LogP contribution < -0.4 is 5.32 Å². The summed E-state index contributed by atoms with van der Waals surface area (Å²) < 4.78 is 13.2. The van der Waals surface area contributed by atoms with Gasteiger partial charge in [0, 0.05) is 23.2 Å². The molecule has 106 valence electrons. The quantitative estimate of drug-likeness (QED) is 0.858. The molecule has 5 heteroatoms. The lowest BCUT2D eigenvalue weighted by atomic mass is 10.1. The molecule has 0 saturated carbocycles. The van der Waals surface area contributed by atoms with E-state index >= 15 is 0 Å². The molecule has 2 aromatic carbocycles. The zero-order valence-electron chi connectivity index (χ0n) is 10.8. The highest BCUT2D eigenvalue weighted by Crippen LogP contribution is 2.31. The van der Waals surface area contributed by atoms with E-state index in [-0.39, 0.29) is 22.6 Å². The second-order valence-corrected chi connectivity index (χ2v) is 5.40. The summed E-state index contributed by atoms with van der Waals surface area (Å²) >= 11 is 11.8. The number of phenolic OH excluding ortho intramolecular Hbond substituents is 1. The molecule has 2 aromatic rings. The molecule has 0 aliphatic carbocycles. The van der Waals surface area contributed by atoms with Crippen LogP contribution >= 0.6 is 23.2 Å². The minimum atomic E-state index is -0.273. The van der Waals surface area contributed by atoms with Crippen molar-refractivity contribution in [3.8, 4) is 5.75 Å². The van der Waals surface area contributed by atoms with Crippen LogP contribution in [0, 0.1) is 5.82 Å². The van der Waals surface area contributed by atoms with Crippen LogP contribution in [0.25, 0.3) is 0 Å². The van der Waals surface area contributed by atoms with Crippen LogP contribution in [0.15, 0.2) is 36.4 Å². The third kappa shape index (κ3) is 3.63.